The van der Waals surface area contributed by atoms with Gasteiger partial charge in [-0.25, -0.2) is 4.68 Å². The van der Waals surface area contributed by atoms with Crippen molar-refractivity contribution in [3.63, 3.8) is 0 Å². The smallest absolute Gasteiger partial charge is 0.233 e. The highest BCUT2D eigenvalue weighted by atomic mass is 32.2. The van der Waals surface area contributed by atoms with Gasteiger partial charge in [-0.15, -0.1) is 5.10 Å². The molecule has 7 nitrogen and oxygen atoms in total. The maximum absolute atomic E-state index is 12.1. The van der Waals surface area contributed by atoms with E-state index in [0.717, 1.165) is 19.4 Å². The Morgan fingerprint density at radius 3 is 2.85 bits per heavy atom. The number of amides is 1. The zero-order chi connectivity index (χ0) is 15.0. The first-order valence-corrected chi connectivity index (χ1v) is 7.84. The van der Waals surface area contributed by atoms with Crippen LogP contribution in [0.5, 0.6) is 0 Å². The summed E-state index contributed by atoms with van der Waals surface area (Å²) in [7, 11) is 1.88. The lowest BCUT2D eigenvalue weighted by molar-refractivity contribution is -0.120. The fourth-order valence-electron chi connectivity index (χ4n) is 1.72. The summed E-state index contributed by atoms with van der Waals surface area (Å²) in [5.74, 6) is 0.0270. The molecule has 1 amide bonds. The minimum absolute atomic E-state index is 0.0270. The van der Waals surface area contributed by atoms with Gasteiger partial charge in [-0.05, 0) is 37.7 Å². The van der Waals surface area contributed by atoms with E-state index in [1.54, 1.807) is 4.68 Å². The minimum Gasteiger partial charge on any atom is -0.353 e. The van der Waals surface area contributed by atoms with Gasteiger partial charge in [-0.1, -0.05) is 25.1 Å². The van der Waals surface area contributed by atoms with Gasteiger partial charge in [0.05, 0.1) is 11.8 Å². The summed E-state index contributed by atoms with van der Waals surface area (Å²) < 4.78 is 1.71. The van der Waals surface area contributed by atoms with E-state index in [1.165, 1.54) is 11.8 Å². The van der Waals surface area contributed by atoms with Crippen LogP contribution in [0.15, 0.2) is 5.16 Å². The third-order valence-corrected chi connectivity index (χ3v) is 3.91. The van der Waals surface area contributed by atoms with Crippen LogP contribution in [-0.4, -0.2) is 51.0 Å². The van der Waals surface area contributed by atoms with Crippen molar-refractivity contribution in [2.45, 2.75) is 56.6 Å². The molecule has 0 radical (unpaired) electrons. The molecule has 1 heterocycles. The number of carbonyl (C=O) groups is 1. The van der Waals surface area contributed by atoms with Gasteiger partial charge in [-0.2, -0.15) is 0 Å². The van der Waals surface area contributed by atoms with Gasteiger partial charge in [0, 0.05) is 12.6 Å². The second kappa shape index (κ2) is 8.91. The Kier molecular flexibility index (Phi) is 7.53. The summed E-state index contributed by atoms with van der Waals surface area (Å²) >= 11 is 1.38. The summed E-state index contributed by atoms with van der Waals surface area (Å²) in [6, 6.07) is 0.204. The highest BCUT2D eigenvalue weighted by Gasteiger charge is 2.19. The van der Waals surface area contributed by atoms with Crippen LogP contribution in [0.1, 0.15) is 33.6 Å². The van der Waals surface area contributed by atoms with Crippen molar-refractivity contribution >= 4 is 17.7 Å². The molecule has 0 spiro atoms. The number of rotatable bonds is 9. The van der Waals surface area contributed by atoms with Gasteiger partial charge < -0.3 is 10.6 Å². The standard InChI is InChI=1S/C12H24N6OS/c1-5-6-9(2)14-11(19)10(3)20-12-15-16-17-18(12)8-7-13-4/h9-10,13H,5-8H2,1-4H3,(H,14,19). The number of likely N-dealkylation sites (N-methyl/N-ethyl adjacent to an activating group) is 1. The first-order valence-electron chi connectivity index (χ1n) is 6.96. The lowest BCUT2D eigenvalue weighted by Crippen LogP contribution is -2.37. The Bertz CT molecular complexity index is 410. The van der Waals surface area contributed by atoms with Crippen molar-refractivity contribution in [1.82, 2.24) is 30.8 Å². The maximum atomic E-state index is 12.1. The van der Waals surface area contributed by atoms with Gasteiger partial charge in [0.15, 0.2) is 0 Å². The number of hydrogen-bond acceptors (Lipinski definition) is 6. The minimum atomic E-state index is -0.214. The molecule has 0 saturated carbocycles. The molecule has 8 heteroatoms. The first-order chi connectivity index (χ1) is 9.58. The summed E-state index contributed by atoms with van der Waals surface area (Å²) in [5.41, 5.74) is 0. The molecule has 1 aromatic rings. The lowest BCUT2D eigenvalue weighted by Gasteiger charge is -2.16. The summed E-state index contributed by atoms with van der Waals surface area (Å²) in [5, 5.41) is 18.1. The Labute approximate surface area is 124 Å². The highest BCUT2D eigenvalue weighted by molar-refractivity contribution is 8.00. The molecule has 2 N–H and O–H groups in total. The number of aromatic nitrogens is 4. The van der Waals surface area contributed by atoms with Crippen molar-refractivity contribution in [2.75, 3.05) is 13.6 Å². The largest absolute Gasteiger partial charge is 0.353 e. The fourth-order valence-corrected chi connectivity index (χ4v) is 2.54. The van der Waals surface area contributed by atoms with Crippen molar-refractivity contribution in [3.8, 4) is 0 Å². The molecule has 0 aliphatic heterocycles. The Hall–Kier alpha value is -1.15. The predicted octanol–water partition coefficient (Wildman–Crippen LogP) is 0.678. The SMILES string of the molecule is CCCC(C)NC(=O)C(C)Sc1nnnn1CCNC. The molecule has 2 unspecified atom stereocenters. The normalized spacial score (nSPS) is 14.0. The maximum Gasteiger partial charge on any atom is 0.233 e. The van der Waals surface area contributed by atoms with Crippen molar-refractivity contribution in [1.29, 1.82) is 0 Å². The highest BCUT2D eigenvalue weighted by Crippen LogP contribution is 2.20. The van der Waals surface area contributed by atoms with Gasteiger partial charge in [0.25, 0.3) is 0 Å². The summed E-state index contributed by atoms with van der Waals surface area (Å²) in [6.45, 7) is 7.47. The van der Waals surface area contributed by atoms with Gasteiger partial charge in [0.2, 0.25) is 11.1 Å². The second-order valence-electron chi connectivity index (χ2n) is 4.75. The predicted molar refractivity (Wildman–Crippen MR) is 79.6 cm³/mol. The molecule has 0 saturated heterocycles. The molecule has 0 aliphatic rings. The Morgan fingerprint density at radius 1 is 1.45 bits per heavy atom. The second-order valence-corrected chi connectivity index (χ2v) is 6.05. The molecule has 2 atom stereocenters. The van der Waals surface area contributed by atoms with Crippen molar-refractivity contribution in [3.05, 3.63) is 0 Å². The fraction of sp³-hybridized carbons (Fsp3) is 0.833. The van der Waals surface area contributed by atoms with Crippen LogP contribution in [0.3, 0.4) is 0 Å². The summed E-state index contributed by atoms with van der Waals surface area (Å²) in [4.78, 5) is 12.1. The molecule has 20 heavy (non-hydrogen) atoms. The quantitative estimate of drug-likeness (QED) is 0.652. The molecule has 0 aliphatic carbocycles. The van der Waals surface area contributed by atoms with E-state index >= 15 is 0 Å². The molecule has 0 fully saturated rings. The Balaban J connectivity index is 2.50. The molecule has 0 bridgehead atoms. The average molecular weight is 300 g/mol. The number of nitrogens with one attached hydrogen (secondary N) is 2. The van der Waals surface area contributed by atoms with Crippen LogP contribution in [0.4, 0.5) is 0 Å². The van der Waals surface area contributed by atoms with E-state index in [4.69, 9.17) is 0 Å². The first kappa shape index (κ1) is 16.9. The number of carbonyl (C=O) groups excluding carboxylic acids is 1. The number of hydrogen-bond donors (Lipinski definition) is 2. The van der Waals surface area contributed by atoms with Crippen LogP contribution in [-0.2, 0) is 11.3 Å². The van der Waals surface area contributed by atoms with Gasteiger partial charge >= 0.3 is 0 Å². The van der Waals surface area contributed by atoms with Crippen LogP contribution in [0.25, 0.3) is 0 Å². The van der Waals surface area contributed by atoms with E-state index in [1.807, 2.05) is 20.9 Å². The van der Waals surface area contributed by atoms with Crippen LogP contribution < -0.4 is 10.6 Å². The third kappa shape index (κ3) is 5.46. The average Bonchev–Trinajstić information content (AvgIpc) is 2.83. The van der Waals surface area contributed by atoms with Crippen molar-refractivity contribution in [2.24, 2.45) is 0 Å². The van der Waals surface area contributed by atoms with Gasteiger partial charge in [0.1, 0.15) is 0 Å². The molecule has 114 valence electrons. The Morgan fingerprint density at radius 2 is 2.20 bits per heavy atom. The van der Waals surface area contributed by atoms with E-state index in [9.17, 15) is 4.79 Å². The van der Waals surface area contributed by atoms with E-state index < -0.39 is 0 Å². The van der Waals surface area contributed by atoms with Crippen molar-refractivity contribution < 1.29 is 4.79 Å². The molecule has 1 rings (SSSR count). The zero-order valence-electron chi connectivity index (χ0n) is 12.6. The zero-order valence-corrected chi connectivity index (χ0v) is 13.4. The number of tetrazole rings is 1. The topological polar surface area (TPSA) is 84.7 Å². The molecule has 0 aromatic carbocycles. The van der Waals surface area contributed by atoms with Crippen LogP contribution in [0, 0.1) is 0 Å². The number of nitrogens with zero attached hydrogens (tertiary/aromatic N) is 4. The van der Waals surface area contributed by atoms with E-state index in [-0.39, 0.29) is 17.2 Å². The monoisotopic (exact) mass is 300 g/mol. The molecule has 1 aromatic heterocycles. The third-order valence-electron chi connectivity index (χ3n) is 2.83. The van der Waals surface area contributed by atoms with E-state index in [2.05, 4.69) is 33.1 Å². The van der Waals surface area contributed by atoms with Crippen LogP contribution >= 0.6 is 11.8 Å². The van der Waals surface area contributed by atoms with Crippen LogP contribution in [0.2, 0.25) is 0 Å². The number of thioether (sulfide) groups is 1. The van der Waals surface area contributed by atoms with Gasteiger partial charge in [-0.3, -0.25) is 4.79 Å². The lowest BCUT2D eigenvalue weighted by atomic mass is 10.2. The molecular formula is C12H24N6OS. The van der Waals surface area contributed by atoms with E-state index in [0.29, 0.717) is 11.7 Å². The summed E-state index contributed by atoms with van der Waals surface area (Å²) in [6.07, 6.45) is 2.05. The molecular weight excluding hydrogens is 276 g/mol.